The van der Waals surface area contributed by atoms with Crippen LogP contribution >= 0.6 is 15.9 Å². The number of nitrogens with zero attached hydrogens (tertiary/aromatic N) is 1. The van der Waals surface area contributed by atoms with Crippen LogP contribution in [-0.4, -0.2) is 39.0 Å². The molecular formula is C11H14BrNO3S. The fourth-order valence-electron chi connectivity index (χ4n) is 1.52. The second-order valence-corrected chi connectivity index (χ2v) is 7.05. The Morgan fingerprint density at radius 1 is 1.53 bits per heavy atom. The summed E-state index contributed by atoms with van der Waals surface area (Å²) in [6, 6.07) is 5.03. The third-order valence-corrected chi connectivity index (χ3v) is 5.41. The van der Waals surface area contributed by atoms with E-state index in [2.05, 4.69) is 15.9 Å². The van der Waals surface area contributed by atoms with Gasteiger partial charge in [-0.15, -0.1) is 0 Å². The van der Waals surface area contributed by atoms with Crippen LogP contribution in [0.25, 0.3) is 0 Å². The fraction of sp³-hybridized carbons (Fsp3) is 0.455. The Morgan fingerprint density at radius 2 is 2.18 bits per heavy atom. The van der Waals surface area contributed by atoms with Crippen LogP contribution in [0.3, 0.4) is 0 Å². The fourth-order valence-corrected chi connectivity index (χ4v) is 3.05. The number of hydrogen-bond acceptors (Lipinski definition) is 3. The quantitative estimate of drug-likeness (QED) is 0.795. The average Bonchev–Trinajstić information content (AvgIpc) is 3.05. The van der Waals surface area contributed by atoms with Crippen LogP contribution < -0.4 is 0 Å². The molecule has 1 aromatic rings. The van der Waals surface area contributed by atoms with Gasteiger partial charge in [0.15, 0.2) is 0 Å². The number of likely N-dealkylation sites (N-methyl/N-ethyl adjacent to an activating group) is 1. The summed E-state index contributed by atoms with van der Waals surface area (Å²) in [6.45, 7) is 2.93. The van der Waals surface area contributed by atoms with Gasteiger partial charge in [0.1, 0.15) is 0 Å². The van der Waals surface area contributed by atoms with Crippen molar-refractivity contribution >= 4 is 26.0 Å². The van der Waals surface area contributed by atoms with E-state index in [1.807, 2.05) is 6.92 Å². The molecule has 0 spiro atoms. The van der Waals surface area contributed by atoms with Crippen molar-refractivity contribution in [3.8, 4) is 0 Å². The highest BCUT2D eigenvalue weighted by atomic mass is 79.9. The van der Waals surface area contributed by atoms with Crippen LogP contribution in [0.15, 0.2) is 27.6 Å². The van der Waals surface area contributed by atoms with E-state index >= 15 is 0 Å². The van der Waals surface area contributed by atoms with Crippen molar-refractivity contribution in [1.82, 2.24) is 4.31 Å². The van der Waals surface area contributed by atoms with Gasteiger partial charge in [0.2, 0.25) is 10.0 Å². The minimum absolute atomic E-state index is 0.0614. The van der Waals surface area contributed by atoms with Gasteiger partial charge in [0.05, 0.1) is 17.6 Å². The van der Waals surface area contributed by atoms with E-state index in [1.54, 1.807) is 25.2 Å². The Morgan fingerprint density at radius 3 is 2.71 bits per heavy atom. The van der Waals surface area contributed by atoms with Crippen molar-refractivity contribution in [2.75, 3.05) is 20.2 Å². The summed E-state index contributed by atoms with van der Waals surface area (Å²) in [6.07, 6.45) is 0.0614. The van der Waals surface area contributed by atoms with E-state index in [1.165, 1.54) is 4.31 Å². The Kier molecular flexibility index (Phi) is 3.58. The van der Waals surface area contributed by atoms with Gasteiger partial charge in [0.25, 0.3) is 0 Å². The number of sulfonamides is 1. The normalized spacial score (nSPS) is 19.6. The van der Waals surface area contributed by atoms with E-state index in [0.29, 0.717) is 18.0 Å². The molecule has 1 saturated heterocycles. The molecule has 1 unspecified atom stereocenters. The number of rotatable bonds is 4. The summed E-state index contributed by atoms with van der Waals surface area (Å²) in [5.41, 5.74) is 0.905. The second-order valence-electron chi connectivity index (χ2n) is 4.15. The molecule has 1 aliphatic heterocycles. The Bertz CT molecular complexity index is 526. The van der Waals surface area contributed by atoms with Crippen LogP contribution in [0.2, 0.25) is 0 Å². The summed E-state index contributed by atoms with van der Waals surface area (Å²) >= 11 is 3.35. The predicted molar refractivity (Wildman–Crippen MR) is 68.4 cm³/mol. The number of epoxide rings is 1. The van der Waals surface area contributed by atoms with Crippen LogP contribution in [0, 0.1) is 6.92 Å². The Labute approximate surface area is 110 Å². The van der Waals surface area contributed by atoms with E-state index in [0.717, 1.165) is 10.0 Å². The summed E-state index contributed by atoms with van der Waals surface area (Å²) in [5.74, 6) is 0. The minimum Gasteiger partial charge on any atom is -0.372 e. The van der Waals surface area contributed by atoms with Gasteiger partial charge in [-0.05, 0) is 30.7 Å². The molecule has 4 nitrogen and oxygen atoms in total. The van der Waals surface area contributed by atoms with Crippen LogP contribution in [-0.2, 0) is 14.8 Å². The number of aryl methyl sites for hydroxylation is 1. The smallest absolute Gasteiger partial charge is 0.242 e. The first-order valence-electron chi connectivity index (χ1n) is 5.25. The summed E-state index contributed by atoms with van der Waals surface area (Å²) < 4.78 is 31.7. The molecule has 17 heavy (non-hydrogen) atoms. The first-order valence-corrected chi connectivity index (χ1v) is 7.48. The van der Waals surface area contributed by atoms with Gasteiger partial charge >= 0.3 is 0 Å². The summed E-state index contributed by atoms with van der Waals surface area (Å²) in [7, 11) is -1.82. The van der Waals surface area contributed by atoms with Crippen molar-refractivity contribution in [2.45, 2.75) is 17.9 Å². The van der Waals surface area contributed by atoms with Crippen molar-refractivity contribution < 1.29 is 13.2 Å². The maximum atomic E-state index is 12.2. The number of benzene rings is 1. The molecular weight excluding hydrogens is 306 g/mol. The highest BCUT2D eigenvalue weighted by Gasteiger charge is 2.30. The maximum absolute atomic E-state index is 12.2. The first-order chi connectivity index (χ1) is 7.91. The predicted octanol–water partition coefficient (Wildman–Crippen LogP) is 1.78. The van der Waals surface area contributed by atoms with Crippen molar-refractivity contribution in [2.24, 2.45) is 0 Å². The van der Waals surface area contributed by atoms with Gasteiger partial charge in [-0.25, -0.2) is 8.42 Å². The van der Waals surface area contributed by atoms with E-state index in [-0.39, 0.29) is 6.10 Å². The molecule has 0 aromatic heterocycles. The zero-order chi connectivity index (χ0) is 12.6. The molecule has 1 heterocycles. The molecule has 1 atom stereocenters. The second kappa shape index (κ2) is 4.68. The SMILES string of the molecule is Cc1cc(S(=O)(=O)N(C)CC2CO2)ccc1Br. The van der Waals surface area contributed by atoms with Crippen molar-refractivity contribution in [3.05, 3.63) is 28.2 Å². The van der Waals surface area contributed by atoms with Crippen molar-refractivity contribution in [1.29, 1.82) is 0 Å². The topological polar surface area (TPSA) is 49.9 Å². The van der Waals surface area contributed by atoms with E-state index in [9.17, 15) is 8.42 Å². The van der Waals surface area contributed by atoms with Crippen molar-refractivity contribution in [3.63, 3.8) is 0 Å². The molecule has 6 heteroatoms. The van der Waals surface area contributed by atoms with Gasteiger partial charge in [-0.2, -0.15) is 4.31 Å². The zero-order valence-corrected chi connectivity index (χ0v) is 12.1. The molecule has 94 valence electrons. The minimum atomic E-state index is -3.40. The maximum Gasteiger partial charge on any atom is 0.242 e. The first kappa shape index (κ1) is 13.0. The number of ether oxygens (including phenoxy) is 1. The molecule has 1 fully saturated rings. The Balaban J connectivity index is 2.26. The molecule has 0 aliphatic carbocycles. The standard InChI is InChI=1S/C11H14BrNO3S/c1-8-5-10(3-4-11(8)12)17(14,15)13(2)6-9-7-16-9/h3-5,9H,6-7H2,1-2H3. The molecule has 0 saturated carbocycles. The highest BCUT2D eigenvalue weighted by molar-refractivity contribution is 9.10. The molecule has 0 radical (unpaired) electrons. The molecule has 1 aromatic carbocycles. The van der Waals surface area contributed by atoms with Gasteiger partial charge < -0.3 is 4.74 Å². The van der Waals surface area contributed by atoms with Gasteiger partial charge in [-0.1, -0.05) is 15.9 Å². The molecule has 2 rings (SSSR count). The largest absolute Gasteiger partial charge is 0.372 e. The van der Waals surface area contributed by atoms with E-state index in [4.69, 9.17) is 4.74 Å². The van der Waals surface area contributed by atoms with Crippen LogP contribution in [0.1, 0.15) is 5.56 Å². The lowest BCUT2D eigenvalue weighted by Crippen LogP contribution is -2.30. The lowest BCUT2D eigenvalue weighted by Gasteiger charge is -2.16. The lowest BCUT2D eigenvalue weighted by atomic mass is 10.2. The van der Waals surface area contributed by atoms with Gasteiger partial charge in [0, 0.05) is 18.1 Å². The van der Waals surface area contributed by atoms with Crippen LogP contribution in [0.4, 0.5) is 0 Å². The third-order valence-electron chi connectivity index (χ3n) is 2.70. The zero-order valence-electron chi connectivity index (χ0n) is 9.68. The average molecular weight is 320 g/mol. The Hall–Kier alpha value is -0.430. The van der Waals surface area contributed by atoms with E-state index < -0.39 is 10.0 Å². The molecule has 0 N–H and O–H groups in total. The monoisotopic (exact) mass is 319 g/mol. The van der Waals surface area contributed by atoms with Gasteiger partial charge in [-0.3, -0.25) is 0 Å². The molecule has 1 aliphatic rings. The highest BCUT2D eigenvalue weighted by Crippen LogP contribution is 2.23. The summed E-state index contributed by atoms with van der Waals surface area (Å²) in [5, 5.41) is 0. The number of hydrogen-bond donors (Lipinski definition) is 0. The number of halogens is 1. The third kappa shape index (κ3) is 2.88. The molecule has 0 amide bonds. The van der Waals surface area contributed by atoms with Crippen LogP contribution in [0.5, 0.6) is 0 Å². The molecule has 0 bridgehead atoms. The lowest BCUT2D eigenvalue weighted by molar-refractivity contribution is 0.359. The summed E-state index contributed by atoms with van der Waals surface area (Å²) in [4.78, 5) is 0.321.